The van der Waals surface area contributed by atoms with Crippen LogP contribution < -0.4 is 0 Å². The molecule has 0 radical (unpaired) electrons. The molecule has 1 unspecified atom stereocenters. The van der Waals surface area contributed by atoms with Crippen LogP contribution in [0.4, 0.5) is 0 Å². The van der Waals surface area contributed by atoms with E-state index in [1.54, 1.807) is 0 Å². The number of unbranched alkanes of at least 4 members (excludes halogenated alkanes) is 1. The van der Waals surface area contributed by atoms with Gasteiger partial charge in [0.2, 0.25) is 0 Å². The average Bonchev–Trinajstić information content (AvgIpc) is 2.51. The van der Waals surface area contributed by atoms with E-state index in [9.17, 15) is 0 Å². The number of hydrogen-bond acceptors (Lipinski definition) is 0. The third-order valence-corrected chi connectivity index (χ3v) is 2.53. The predicted molar refractivity (Wildman–Crippen MR) is 57.4 cm³/mol. The van der Waals surface area contributed by atoms with Gasteiger partial charge in [-0.3, -0.25) is 0 Å². The van der Waals surface area contributed by atoms with Crippen molar-refractivity contribution in [1.29, 1.82) is 0 Å². The lowest BCUT2D eigenvalue weighted by Crippen LogP contribution is -1.94. The van der Waals surface area contributed by atoms with Crippen molar-refractivity contribution in [2.75, 3.05) is 0 Å². The van der Waals surface area contributed by atoms with Gasteiger partial charge in [0.05, 0.1) is 0 Å². The Kier molecular flexibility index (Phi) is 7.23. The van der Waals surface area contributed by atoms with Gasteiger partial charge in [-0.25, -0.2) is 0 Å². The largest absolute Gasteiger partial charge is 0.0996 e. The van der Waals surface area contributed by atoms with E-state index in [0.29, 0.717) is 0 Å². The van der Waals surface area contributed by atoms with E-state index >= 15 is 0 Å². The third kappa shape index (κ3) is 3.94. The van der Waals surface area contributed by atoms with Gasteiger partial charge in [0, 0.05) is 0 Å². The van der Waals surface area contributed by atoms with Crippen molar-refractivity contribution in [3.05, 3.63) is 12.2 Å². The fraction of sp³-hybridized carbons (Fsp3) is 0.833. The van der Waals surface area contributed by atoms with Gasteiger partial charge in [-0.05, 0) is 31.6 Å². The summed E-state index contributed by atoms with van der Waals surface area (Å²) >= 11 is 0. The minimum atomic E-state index is 0.889. The third-order valence-electron chi connectivity index (χ3n) is 2.53. The summed E-state index contributed by atoms with van der Waals surface area (Å²) in [5, 5.41) is 0. The Hall–Kier alpha value is -0.260. The van der Waals surface area contributed by atoms with Gasteiger partial charge in [0.15, 0.2) is 0 Å². The van der Waals surface area contributed by atoms with Crippen molar-refractivity contribution in [2.45, 2.75) is 59.3 Å². The van der Waals surface area contributed by atoms with Crippen LogP contribution in [0, 0.1) is 5.92 Å². The standard InChI is InChI=1S/C10H18.C2H6/c1-3-4-7-10-8-5-6-9(10)2;1-2/h10H,2-8H2,1H3;1-2H3. The maximum Gasteiger partial charge on any atom is -0.0206 e. The molecule has 1 aliphatic carbocycles. The quantitative estimate of drug-likeness (QED) is 0.542. The molecule has 0 aromatic rings. The molecule has 1 fully saturated rings. The Morgan fingerprint density at radius 1 is 1.42 bits per heavy atom. The highest BCUT2D eigenvalue weighted by Gasteiger charge is 2.17. The maximum atomic E-state index is 4.09. The van der Waals surface area contributed by atoms with Gasteiger partial charge in [-0.15, -0.1) is 0 Å². The van der Waals surface area contributed by atoms with Crippen LogP contribution >= 0.6 is 0 Å². The molecule has 0 heterocycles. The first-order valence-electron chi connectivity index (χ1n) is 5.52. The molecule has 0 aliphatic heterocycles. The predicted octanol–water partition coefficient (Wildman–Crippen LogP) is 4.56. The van der Waals surface area contributed by atoms with Crippen molar-refractivity contribution in [1.82, 2.24) is 0 Å². The first-order chi connectivity index (χ1) is 5.84. The van der Waals surface area contributed by atoms with E-state index in [-0.39, 0.29) is 0 Å². The van der Waals surface area contributed by atoms with Gasteiger partial charge in [0.1, 0.15) is 0 Å². The molecule has 0 saturated heterocycles. The summed E-state index contributed by atoms with van der Waals surface area (Å²) in [6.45, 7) is 10.4. The maximum absolute atomic E-state index is 4.09. The lowest BCUT2D eigenvalue weighted by Gasteiger charge is -2.08. The van der Waals surface area contributed by atoms with Gasteiger partial charge in [0.25, 0.3) is 0 Å². The van der Waals surface area contributed by atoms with Crippen molar-refractivity contribution in [3.63, 3.8) is 0 Å². The second-order valence-electron chi connectivity index (χ2n) is 3.39. The molecule has 72 valence electrons. The SMILES string of the molecule is C=C1CCCC1CCCC.CC. The van der Waals surface area contributed by atoms with Crippen LogP contribution in [0.5, 0.6) is 0 Å². The van der Waals surface area contributed by atoms with E-state index in [1.807, 2.05) is 13.8 Å². The second-order valence-corrected chi connectivity index (χ2v) is 3.39. The van der Waals surface area contributed by atoms with Gasteiger partial charge < -0.3 is 0 Å². The van der Waals surface area contributed by atoms with Crippen LogP contribution in [0.3, 0.4) is 0 Å². The number of hydrogen-bond donors (Lipinski definition) is 0. The van der Waals surface area contributed by atoms with Crippen LogP contribution in [0.25, 0.3) is 0 Å². The number of allylic oxidation sites excluding steroid dienone is 1. The summed E-state index contributed by atoms with van der Waals surface area (Å²) in [6.07, 6.45) is 8.24. The molecule has 1 atom stereocenters. The molecule has 1 saturated carbocycles. The fourth-order valence-electron chi connectivity index (χ4n) is 1.78. The molecular weight excluding hydrogens is 144 g/mol. The minimum Gasteiger partial charge on any atom is -0.0996 e. The topological polar surface area (TPSA) is 0 Å². The summed E-state index contributed by atoms with van der Waals surface area (Å²) < 4.78 is 0. The van der Waals surface area contributed by atoms with E-state index in [0.717, 1.165) is 5.92 Å². The van der Waals surface area contributed by atoms with Crippen LogP contribution in [0.15, 0.2) is 12.2 Å². The summed E-state index contributed by atoms with van der Waals surface area (Å²) in [5.41, 5.74) is 1.52. The van der Waals surface area contributed by atoms with Crippen LogP contribution in [-0.2, 0) is 0 Å². The molecule has 0 aromatic carbocycles. The van der Waals surface area contributed by atoms with Crippen LogP contribution in [-0.4, -0.2) is 0 Å². The molecule has 0 aromatic heterocycles. The molecule has 0 heteroatoms. The van der Waals surface area contributed by atoms with Gasteiger partial charge in [-0.2, -0.15) is 0 Å². The fourth-order valence-corrected chi connectivity index (χ4v) is 1.78. The van der Waals surface area contributed by atoms with E-state index in [4.69, 9.17) is 0 Å². The van der Waals surface area contributed by atoms with Crippen molar-refractivity contribution < 1.29 is 0 Å². The van der Waals surface area contributed by atoms with Gasteiger partial charge >= 0.3 is 0 Å². The molecule has 0 N–H and O–H groups in total. The highest BCUT2D eigenvalue weighted by atomic mass is 14.2. The first-order valence-corrected chi connectivity index (χ1v) is 5.52. The Morgan fingerprint density at radius 2 is 2.08 bits per heavy atom. The van der Waals surface area contributed by atoms with Crippen LogP contribution in [0.1, 0.15) is 59.3 Å². The minimum absolute atomic E-state index is 0.889. The first kappa shape index (κ1) is 11.7. The molecule has 0 spiro atoms. The molecule has 1 aliphatic rings. The summed E-state index contributed by atoms with van der Waals surface area (Å²) in [6, 6.07) is 0. The van der Waals surface area contributed by atoms with Crippen molar-refractivity contribution in [2.24, 2.45) is 5.92 Å². The molecule has 0 nitrogen and oxygen atoms in total. The smallest absolute Gasteiger partial charge is 0.0206 e. The monoisotopic (exact) mass is 168 g/mol. The molecule has 0 bridgehead atoms. The Balaban J connectivity index is 0.000000561. The second kappa shape index (κ2) is 7.39. The van der Waals surface area contributed by atoms with E-state index < -0.39 is 0 Å². The highest BCUT2D eigenvalue weighted by Crippen LogP contribution is 2.32. The molecule has 1 rings (SSSR count). The van der Waals surface area contributed by atoms with E-state index in [1.165, 1.54) is 44.1 Å². The van der Waals surface area contributed by atoms with E-state index in [2.05, 4.69) is 13.5 Å². The van der Waals surface area contributed by atoms with Crippen molar-refractivity contribution in [3.8, 4) is 0 Å². The lowest BCUT2D eigenvalue weighted by molar-refractivity contribution is 0.541. The Bertz CT molecular complexity index is 113. The lowest BCUT2D eigenvalue weighted by atomic mass is 9.98. The molecule has 0 amide bonds. The Morgan fingerprint density at radius 3 is 2.50 bits per heavy atom. The zero-order valence-corrected chi connectivity index (χ0v) is 9.03. The summed E-state index contributed by atoms with van der Waals surface area (Å²) in [4.78, 5) is 0. The zero-order valence-electron chi connectivity index (χ0n) is 9.03. The summed E-state index contributed by atoms with van der Waals surface area (Å²) in [5.74, 6) is 0.889. The normalized spacial score (nSPS) is 21.9. The number of rotatable bonds is 3. The van der Waals surface area contributed by atoms with Crippen LogP contribution in [0.2, 0.25) is 0 Å². The summed E-state index contributed by atoms with van der Waals surface area (Å²) in [7, 11) is 0. The Labute approximate surface area is 78.1 Å². The average molecular weight is 168 g/mol. The molecular formula is C12H24. The van der Waals surface area contributed by atoms with Crippen molar-refractivity contribution >= 4 is 0 Å². The molecule has 12 heavy (non-hydrogen) atoms. The van der Waals surface area contributed by atoms with Gasteiger partial charge in [-0.1, -0.05) is 45.8 Å². The zero-order chi connectivity index (χ0) is 9.40. The highest BCUT2D eigenvalue weighted by molar-refractivity contribution is 5.05.